The predicted molar refractivity (Wildman–Crippen MR) is 165 cm³/mol. The summed E-state index contributed by atoms with van der Waals surface area (Å²) in [5.41, 5.74) is -1.39. The molecule has 8 heterocycles. The topological polar surface area (TPSA) is 109 Å². The fraction of sp³-hybridized carbons (Fsp3) is 0.971. The molecular formula is C35H53ClO11. The summed E-state index contributed by atoms with van der Waals surface area (Å²) in [6, 6.07) is 0. The van der Waals surface area contributed by atoms with Crippen molar-refractivity contribution in [1.82, 2.24) is 0 Å². The minimum atomic E-state index is -0.906. The van der Waals surface area contributed by atoms with Crippen molar-refractivity contribution in [2.75, 3.05) is 12.5 Å². The van der Waals surface area contributed by atoms with E-state index in [4.69, 9.17) is 59.6 Å². The Bertz CT molecular complexity index is 1210. The van der Waals surface area contributed by atoms with E-state index >= 15 is 0 Å². The zero-order valence-corrected chi connectivity index (χ0v) is 29.4. The highest BCUT2D eigenvalue weighted by Crippen LogP contribution is 2.63. The number of fused-ring (bicyclic) bond motifs is 4. The van der Waals surface area contributed by atoms with E-state index in [0.717, 1.165) is 51.4 Å². The van der Waals surface area contributed by atoms with Crippen LogP contribution in [0.25, 0.3) is 0 Å². The number of rotatable bonds is 6. The summed E-state index contributed by atoms with van der Waals surface area (Å²) < 4.78 is 38.7. The normalized spacial score (nSPS) is 55.2. The first-order chi connectivity index (χ1) is 22.4. The van der Waals surface area contributed by atoms with Crippen LogP contribution in [0.1, 0.15) is 99.3 Å². The van der Waals surface area contributed by atoms with Crippen LogP contribution in [0.4, 0.5) is 4.79 Å². The number of carbonyl (C=O) groups is 1. The first-order valence-corrected chi connectivity index (χ1v) is 18.8. The van der Waals surface area contributed by atoms with E-state index in [1.165, 1.54) is 0 Å². The maximum Gasteiger partial charge on any atom is 0.508 e. The van der Waals surface area contributed by atoms with Crippen molar-refractivity contribution in [3.05, 3.63) is 0 Å². The Kier molecular flexibility index (Phi) is 8.46. The van der Waals surface area contributed by atoms with Gasteiger partial charge in [0.05, 0.1) is 12.0 Å². The summed E-state index contributed by atoms with van der Waals surface area (Å²) in [5.74, 6) is 0.0889. The molecule has 2 aliphatic carbocycles. The second-order valence-electron chi connectivity index (χ2n) is 16.5. The molecule has 0 aromatic heterocycles. The average molecular weight is 685 g/mol. The molecule has 0 N–H and O–H groups in total. The van der Waals surface area contributed by atoms with Crippen molar-refractivity contribution in [3.63, 3.8) is 0 Å². The standard InChI is InChI=1S/C35H53ClO11/c1-18-7-9-24-20(3)26(39-29-34(24)22(18)11-13-32(5,42-29)44-46-34)17-27(40-31(37)38-16-15-36)28-21(4)25-10-8-19(2)23-12-14-33(6)43-30(41-28)35(23,25)47-45-33/h18-30H,7-17H2,1-6H3/t18-,19-,20-,21-,22+,23+,24+,25+,26-,27+,28+,29-,30-,32+,33+,34-,35-/m1/s1. The molecule has 8 aliphatic heterocycles. The third-order valence-electron chi connectivity index (χ3n) is 13.9. The molecule has 0 aromatic rings. The maximum absolute atomic E-state index is 13.1. The molecule has 47 heavy (non-hydrogen) atoms. The molecule has 11 nitrogen and oxygen atoms in total. The van der Waals surface area contributed by atoms with E-state index < -0.39 is 53.7 Å². The highest BCUT2D eigenvalue weighted by atomic mass is 35.5. The van der Waals surface area contributed by atoms with E-state index in [-0.39, 0.29) is 54.1 Å². The van der Waals surface area contributed by atoms with Crippen LogP contribution in [0, 0.1) is 47.3 Å². The van der Waals surface area contributed by atoms with Crippen LogP contribution in [-0.2, 0) is 48.0 Å². The Labute approximate surface area is 283 Å². The molecule has 0 aromatic carbocycles. The minimum absolute atomic E-state index is 0.0346. The van der Waals surface area contributed by atoms with Gasteiger partial charge in [-0.15, -0.1) is 11.6 Å². The van der Waals surface area contributed by atoms with Gasteiger partial charge >= 0.3 is 6.16 Å². The SMILES string of the molecule is C[C@H]1[C@@H]([C@H](C[C@H]2O[C@@H]3O[C@]4(C)CC[C@H]5[C@H](C)CC[C@@H]([C@H]2C)[C@@]35OO4)OC(=O)OCCCl)O[C@@H]2O[C@]3(C)CC[C@H]4[C@H](C)CC[C@@H]1[C@@]24OO3. The number of carbonyl (C=O) groups excluding carboxylic acids is 1. The molecule has 12 heteroatoms. The monoisotopic (exact) mass is 684 g/mol. The molecule has 0 unspecified atom stereocenters. The quantitative estimate of drug-likeness (QED) is 0.171. The van der Waals surface area contributed by atoms with Gasteiger partial charge in [-0.3, -0.25) is 0 Å². The van der Waals surface area contributed by atoms with Crippen LogP contribution in [0.2, 0.25) is 0 Å². The summed E-state index contributed by atoms with van der Waals surface area (Å²) in [7, 11) is 0. The first-order valence-electron chi connectivity index (χ1n) is 18.2. The van der Waals surface area contributed by atoms with E-state index in [2.05, 4.69) is 27.7 Å². The van der Waals surface area contributed by atoms with Crippen LogP contribution >= 0.6 is 11.6 Å². The van der Waals surface area contributed by atoms with Crippen LogP contribution in [0.3, 0.4) is 0 Å². The lowest BCUT2D eigenvalue weighted by molar-refractivity contribution is -0.573. The fourth-order valence-electron chi connectivity index (χ4n) is 11.4. The van der Waals surface area contributed by atoms with Crippen molar-refractivity contribution in [2.45, 2.75) is 153 Å². The van der Waals surface area contributed by atoms with Crippen LogP contribution < -0.4 is 0 Å². The van der Waals surface area contributed by atoms with Crippen molar-refractivity contribution in [3.8, 4) is 0 Å². The number of alkyl halides is 1. The van der Waals surface area contributed by atoms with Gasteiger partial charge in [-0.05, 0) is 87.9 Å². The highest BCUT2D eigenvalue weighted by molar-refractivity contribution is 6.18. The summed E-state index contributed by atoms with van der Waals surface area (Å²) in [6.45, 7) is 12.9. The van der Waals surface area contributed by atoms with Gasteiger partial charge in [-0.2, -0.15) is 0 Å². The summed E-state index contributed by atoms with van der Waals surface area (Å²) >= 11 is 5.86. The molecule has 266 valence electrons. The lowest BCUT2D eigenvalue weighted by Gasteiger charge is -2.62. The summed E-state index contributed by atoms with van der Waals surface area (Å²) in [6.07, 6.45) is 4.40. The van der Waals surface area contributed by atoms with Gasteiger partial charge in [-0.1, -0.05) is 27.7 Å². The lowest BCUT2D eigenvalue weighted by Crippen LogP contribution is -2.72. The maximum atomic E-state index is 13.1. The Morgan fingerprint density at radius 3 is 1.87 bits per heavy atom. The first kappa shape index (κ1) is 33.4. The van der Waals surface area contributed by atoms with Gasteiger partial charge in [0.15, 0.2) is 23.8 Å². The van der Waals surface area contributed by atoms with Crippen molar-refractivity contribution in [2.24, 2.45) is 47.3 Å². The van der Waals surface area contributed by atoms with Gasteiger partial charge in [0.1, 0.15) is 18.8 Å². The largest absolute Gasteiger partial charge is 0.508 e. The average Bonchev–Trinajstić information content (AvgIpc) is 3.41. The van der Waals surface area contributed by atoms with Gasteiger partial charge in [0.25, 0.3) is 0 Å². The zero-order chi connectivity index (χ0) is 32.9. The number of hydrogen-bond acceptors (Lipinski definition) is 11. The van der Waals surface area contributed by atoms with Gasteiger partial charge in [-0.25, -0.2) is 24.3 Å². The van der Waals surface area contributed by atoms with Crippen molar-refractivity contribution >= 4 is 17.8 Å². The molecule has 2 saturated carbocycles. The summed E-state index contributed by atoms with van der Waals surface area (Å²) in [5, 5.41) is 0. The molecule has 10 fully saturated rings. The molecule has 8 saturated heterocycles. The van der Waals surface area contributed by atoms with Crippen LogP contribution in [-0.4, -0.2) is 72.3 Å². The van der Waals surface area contributed by atoms with E-state index in [9.17, 15) is 4.79 Å². The Balaban J connectivity index is 1.11. The molecular weight excluding hydrogens is 632 g/mol. The zero-order valence-electron chi connectivity index (χ0n) is 28.7. The Hall–Kier alpha value is -0.760. The fourth-order valence-corrected chi connectivity index (χ4v) is 11.4. The Morgan fingerprint density at radius 2 is 1.30 bits per heavy atom. The minimum Gasteiger partial charge on any atom is -0.433 e. The van der Waals surface area contributed by atoms with E-state index in [1.54, 1.807) is 0 Å². The summed E-state index contributed by atoms with van der Waals surface area (Å²) in [4.78, 5) is 38.0. The lowest BCUT2D eigenvalue weighted by atomic mass is 9.56. The number of ether oxygens (including phenoxy) is 6. The number of halogens is 1. The van der Waals surface area contributed by atoms with Crippen molar-refractivity contribution in [1.29, 1.82) is 0 Å². The smallest absolute Gasteiger partial charge is 0.433 e. The highest BCUT2D eigenvalue weighted by Gasteiger charge is 2.72. The third-order valence-corrected chi connectivity index (χ3v) is 14.0. The van der Waals surface area contributed by atoms with Gasteiger partial charge in [0, 0.05) is 31.1 Å². The van der Waals surface area contributed by atoms with Gasteiger partial charge < -0.3 is 28.4 Å². The van der Waals surface area contributed by atoms with E-state index in [0.29, 0.717) is 18.3 Å². The van der Waals surface area contributed by atoms with Crippen LogP contribution in [0.5, 0.6) is 0 Å². The molecule has 0 amide bonds. The molecule has 2 spiro atoms. The second kappa shape index (κ2) is 11.9. The molecule has 17 atom stereocenters. The van der Waals surface area contributed by atoms with E-state index in [1.807, 2.05) is 13.8 Å². The van der Waals surface area contributed by atoms with Crippen LogP contribution in [0.15, 0.2) is 0 Å². The second-order valence-corrected chi connectivity index (χ2v) is 16.9. The molecule has 4 bridgehead atoms. The Morgan fingerprint density at radius 1 is 0.745 bits per heavy atom. The molecule has 10 rings (SSSR count). The molecule has 0 radical (unpaired) electrons. The third kappa shape index (κ3) is 5.06. The number of hydrogen-bond donors (Lipinski definition) is 0. The van der Waals surface area contributed by atoms with Gasteiger partial charge in [0.2, 0.25) is 11.6 Å². The predicted octanol–water partition coefficient (Wildman–Crippen LogP) is 6.64. The van der Waals surface area contributed by atoms with Crippen molar-refractivity contribution < 1.29 is 52.8 Å². The molecule has 10 aliphatic rings.